The van der Waals surface area contributed by atoms with Gasteiger partial charge < -0.3 is 0 Å². The number of nitrogens with two attached hydrogens (primary N) is 1. The Morgan fingerprint density at radius 2 is 1.46 bits per heavy atom. The van der Waals surface area contributed by atoms with Crippen molar-refractivity contribution in [1.82, 2.24) is 5.06 Å². The minimum absolute atomic E-state index is 0.148. The second-order valence-corrected chi connectivity index (χ2v) is 3.14. The normalized spacial score (nSPS) is 17.0. The first-order valence-electron chi connectivity index (χ1n) is 3.01. The highest BCUT2D eigenvalue weighted by Crippen LogP contribution is 2.06. The molecule has 0 atom stereocenters. The maximum absolute atomic E-state index is 10.2. The lowest BCUT2D eigenvalue weighted by molar-refractivity contribution is -0.171. The van der Waals surface area contributed by atoms with Crippen molar-refractivity contribution < 1.29 is 27.8 Å². The quantitative estimate of drug-likeness (QED) is 0.248. The average molecular weight is 212 g/mol. The first-order valence-corrected chi connectivity index (χ1v) is 4.52. The van der Waals surface area contributed by atoms with Crippen LogP contribution in [-0.4, -0.2) is 35.1 Å². The van der Waals surface area contributed by atoms with E-state index in [0.717, 1.165) is 0 Å². The molecule has 0 unspecified atom stereocenters. The van der Waals surface area contributed by atoms with Crippen LogP contribution in [0.2, 0.25) is 0 Å². The highest BCUT2D eigenvalue weighted by Gasteiger charge is 2.26. The molecule has 13 heavy (non-hydrogen) atoms. The molecule has 1 rings (SSSR count). The summed E-state index contributed by atoms with van der Waals surface area (Å²) in [7, 11) is -4.17. The van der Waals surface area contributed by atoms with Crippen molar-refractivity contribution in [2.45, 2.75) is 12.8 Å². The summed E-state index contributed by atoms with van der Waals surface area (Å²) in [6.07, 6.45) is 0.296. The van der Waals surface area contributed by atoms with Gasteiger partial charge in [-0.15, -0.1) is 0 Å². The molecule has 9 heteroatoms. The molecule has 1 saturated heterocycles. The summed E-state index contributed by atoms with van der Waals surface area (Å²) in [5.74, 6) is -1.01. The monoisotopic (exact) mass is 212 g/mol. The van der Waals surface area contributed by atoms with E-state index in [-0.39, 0.29) is 17.9 Å². The van der Waals surface area contributed by atoms with E-state index in [0.29, 0.717) is 0 Å². The lowest BCUT2D eigenvalue weighted by atomic mass is 10.4. The van der Waals surface area contributed by atoms with Crippen molar-refractivity contribution in [2.75, 3.05) is 0 Å². The fraction of sp³-hybridized carbons (Fsp3) is 0.500. The second kappa shape index (κ2) is 4.28. The van der Waals surface area contributed by atoms with Crippen LogP contribution in [0.1, 0.15) is 12.8 Å². The number of imide groups is 1. The molecular formula is C4H8N2O6S. The van der Waals surface area contributed by atoms with Crippen LogP contribution < -0.4 is 5.14 Å². The number of hydrogen-bond donors (Lipinski definition) is 3. The van der Waals surface area contributed by atoms with E-state index >= 15 is 0 Å². The molecule has 0 saturated carbocycles. The third-order valence-electron chi connectivity index (χ3n) is 1.03. The Morgan fingerprint density at radius 1 is 1.23 bits per heavy atom. The van der Waals surface area contributed by atoms with Gasteiger partial charge in [0.2, 0.25) is 0 Å². The van der Waals surface area contributed by atoms with Gasteiger partial charge in [-0.1, -0.05) is 0 Å². The molecule has 0 spiro atoms. The van der Waals surface area contributed by atoms with Gasteiger partial charge in [0.05, 0.1) is 0 Å². The standard InChI is InChI=1S/C4H5NO3.H3NO3S/c6-3-1-2-4(7)5(3)8;1-5(2,3)4/h8H,1-2H2;(H3,1,2,3,4). The minimum Gasteiger partial charge on any atom is -0.279 e. The van der Waals surface area contributed by atoms with Crippen LogP contribution >= 0.6 is 0 Å². The number of nitrogens with zero attached hydrogens (tertiary/aromatic N) is 1. The Balaban J connectivity index is 0.000000252. The Labute approximate surface area is 73.8 Å². The Bertz CT molecular complexity index is 285. The molecule has 0 aromatic heterocycles. The molecule has 1 fully saturated rings. The molecule has 8 nitrogen and oxygen atoms in total. The van der Waals surface area contributed by atoms with Crippen molar-refractivity contribution in [3.05, 3.63) is 0 Å². The van der Waals surface area contributed by atoms with Crippen LogP contribution in [0.25, 0.3) is 0 Å². The van der Waals surface area contributed by atoms with Gasteiger partial charge in [0.1, 0.15) is 0 Å². The van der Waals surface area contributed by atoms with Gasteiger partial charge in [-0.05, 0) is 0 Å². The number of hydrogen-bond acceptors (Lipinski definition) is 5. The Hall–Kier alpha value is -1.03. The highest BCUT2D eigenvalue weighted by molar-refractivity contribution is 7.83. The maximum atomic E-state index is 10.2. The molecule has 4 N–H and O–H groups in total. The van der Waals surface area contributed by atoms with Gasteiger partial charge in [-0.2, -0.15) is 13.5 Å². The van der Waals surface area contributed by atoms with Gasteiger partial charge in [0.15, 0.2) is 0 Å². The molecule has 0 radical (unpaired) electrons. The summed E-state index contributed by atoms with van der Waals surface area (Å²) < 4.78 is 25.2. The van der Waals surface area contributed by atoms with E-state index in [1.807, 2.05) is 0 Å². The molecule has 0 aliphatic carbocycles. The topological polar surface area (TPSA) is 138 Å². The van der Waals surface area contributed by atoms with Crippen LogP contribution in [0.3, 0.4) is 0 Å². The molecule has 1 heterocycles. The highest BCUT2D eigenvalue weighted by atomic mass is 32.2. The fourth-order valence-electron chi connectivity index (χ4n) is 0.565. The van der Waals surface area contributed by atoms with Crippen molar-refractivity contribution in [3.8, 4) is 0 Å². The van der Waals surface area contributed by atoms with Gasteiger partial charge in [-0.3, -0.25) is 19.3 Å². The molecule has 76 valence electrons. The SMILES string of the molecule is NS(=O)(=O)O.O=C1CCC(=O)N1O. The van der Waals surface area contributed by atoms with Crippen LogP contribution in [0.15, 0.2) is 0 Å². The molecule has 0 aromatic carbocycles. The molecule has 1 aliphatic heterocycles. The van der Waals surface area contributed by atoms with E-state index in [9.17, 15) is 9.59 Å². The van der Waals surface area contributed by atoms with E-state index < -0.39 is 22.1 Å². The van der Waals surface area contributed by atoms with Crippen molar-refractivity contribution in [3.63, 3.8) is 0 Å². The van der Waals surface area contributed by atoms with E-state index in [4.69, 9.17) is 18.2 Å². The predicted molar refractivity (Wildman–Crippen MR) is 38.6 cm³/mol. The number of carbonyl (C=O) groups is 2. The van der Waals surface area contributed by atoms with Gasteiger partial charge in [0, 0.05) is 12.8 Å². The maximum Gasteiger partial charge on any atom is 0.330 e. The third-order valence-corrected chi connectivity index (χ3v) is 1.03. The van der Waals surface area contributed by atoms with Crippen molar-refractivity contribution in [1.29, 1.82) is 0 Å². The number of carbonyl (C=O) groups excluding carboxylic acids is 2. The van der Waals surface area contributed by atoms with Gasteiger partial charge in [-0.25, -0.2) is 5.14 Å². The van der Waals surface area contributed by atoms with Crippen molar-refractivity contribution in [2.24, 2.45) is 5.14 Å². The van der Waals surface area contributed by atoms with Crippen LogP contribution in [0, 0.1) is 0 Å². The lowest BCUT2D eigenvalue weighted by Gasteiger charge is -1.98. The van der Waals surface area contributed by atoms with Crippen LogP contribution in [0.4, 0.5) is 0 Å². The summed E-state index contributed by atoms with van der Waals surface area (Å²) in [5.41, 5.74) is 0. The summed E-state index contributed by atoms with van der Waals surface area (Å²) in [6, 6.07) is 0. The van der Waals surface area contributed by atoms with Crippen molar-refractivity contribution >= 4 is 22.1 Å². The van der Waals surface area contributed by atoms with Crippen LogP contribution in [0.5, 0.6) is 0 Å². The third kappa shape index (κ3) is 6.16. The first kappa shape index (κ1) is 12.0. The molecule has 2 amide bonds. The van der Waals surface area contributed by atoms with Gasteiger partial charge in [0.25, 0.3) is 11.8 Å². The van der Waals surface area contributed by atoms with Crippen LogP contribution in [-0.2, 0) is 19.9 Å². The van der Waals surface area contributed by atoms with E-state index in [1.54, 1.807) is 0 Å². The molecular weight excluding hydrogens is 204 g/mol. The Morgan fingerprint density at radius 3 is 1.54 bits per heavy atom. The molecule has 1 aliphatic rings. The second-order valence-electron chi connectivity index (χ2n) is 2.11. The van der Waals surface area contributed by atoms with Gasteiger partial charge >= 0.3 is 10.3 Å². The Kier molecular flexibility index (Phi) is 3.94. The summed E-state index contributed by atoms with van der Waals surface area (Å²) >= 11 is 0. The lowest BCUT2D eigenvalue weighted by Crippen LogP contribution is -2.24. The zero-order valence-electron chi connectivity index (χ0n) is 6.37. The fourth-order valence-corrected chi connectivity index (χ4v) is 0.565. The minimum atomic E-state index is -4.17. The number of amides is 2. The number of hydroxylamine groups is 2. The number of rotatable bonds is 0. The zero-order valence-corrected chi connectivity index (χ0v) is 7.19. The summed E-state index contributed by atoms with van der Waals surface area (Å²) in [5, 5.41) is 12.4. The smallest absolute Gasteiger partial charge is 0.279 e. The molecule has 0 aromatic rings. The first-order chi connectivity index (χ1) is 5.72. The predicted octanol–water partition coefficient (Wildman–Crippen LogP) is -1.73. The zero-order chi connectivity index (χ0) is 10.6. The summed E-state index contributed by atoms with van der Waals surface area (Å²) in [6.45, 7) is 0. The largest absolute Gasteiger partial charge is 0.330 e. The average Bonchev–Trinajstić information content (AvgIpc) is 2.16. The summed E-state index contributed by atoms with van der Waals surface area (Å²) in [4.78, 5) is 20.5. The molecule has 0 bridgehead atoms. The van der Waals surface area contributed by atoms with E-state index in [2.05, 4.69) is 5.14 Å². The van der Waals surface area contributed by atoms with E-state index in [1.165, 1.54) is 0 Å².